The van der Waals surface area contributed by atoms with Crippen LogP contribution in [0.3, 0.4) is 0 Å². The number of likely N-dealkylation sites (tertiary alicyclic amines) is 1. The first-order valence-corrected chi connectivity index (χ1v) is 6.28. The molecule has 1 rings (SSSR count). The third-order valence-corrected chi connectivity index (χ3v) is 3.82. The average Bonchev–Trinajstić information content (AvgIpc) is 2.51. The van der Waals surface area contributed by atoms with E-state index in [9.17, 15) is 0 Å². The van der Waals surface area contributed by atoms with Gasteiger partial charge in [0.15, 0.2) is 0 Å². The molecule has 0 amide bonds. The number of hydrogen-bond donors (Lipinski definition) is 1. The van der Waals surface area contributed by atoms with Gasteiger partial charge in [-0.1, -0.05) is 34.6 Å². The van der Waals surface area contributed by atoms with E-state index in [2.05, 4.69) is 39.5 Å². The van der Waals surface area contributed by atoms with Gasteiger partial charge in [-0.25, -0.2) is 0 Å². The Labute approximate surface area is 95.2 Å². The second-order valence-corrected chi connectivity index (χ2v) is 6.52. The number of rotatable bonds is 3. The van der Waals surface area contributed by atoms with Crippen molar-refractivity contribution < 1.29 is 0 Å². The maximum atomic E-state index is 6.11. The first-order valence-electron chi connectivity index (χ1n) is 6.28. The third kappa shape index (κ3) is 3.76. The summed E-state index contributed by atoms with van der Waals surface area (Å²) in [6.07, 6.45) is 1.34. The van der Waals surface area contributed by atoms with E-state index in [4.69, 9.17) is 5.73 Å². The number of nitrogens with two attached hydrogens (primary N) is 1. The van der Waals surface area contributed by atoms with Gasteiger partial charge in [0.2, 0.25) is 0 Å². The van der Waals surface area contributed by atoms with Gasteiger partial charge in [0.05, 0.1) is 0 Å². The zero-order chi connectivity index (χ0) is 11.6. The lowest BCUT2D eigenvalue weighted by atomic mass is 9.80. The molecule has 0 aromatic carbocycles. The summed E-state index contributed by atoms with van der Waals surface area (Å²) in [6.45, 7) is 15.0. The van der Waals surface area contributed by atoms with E-state index in [-0.39, 0.29) is 0 Å². The van der Waals surface area contributed by atoms with Crippen molar-refractivity contribution in [3.05, 3.63) is 0 Å². The molecular weight excluding hydrogens is 184 g/mol. The topological polar surface area (TPSA) is 29.3 Å². The fourth-order valence-corrected chi connectivity index (χ4v) is 2.21. The fraction of sp³-hybridized carbons (Fsp3) is 1.00. The summed E-state index contributed by atoms with van der Waals surface area (Å²) in [5.41, 5.74) is 6.56. The van der Waals surface area contributed by atoms with Crippen molar-refractivity contribution in [2.75, 3.05) is 19.6 Å². The van der Waals surface area contributed by atoms with Crippen molar-refractivity contribution in [2.24, 2.45) is 23.0 Å². The standard InChI is InChI=1S/C13H28N2/c1-10(2)12(14)9-15-7-6-11(8-15)13(3,4)5/h10-12H,6-9,14H2,1-5H3. The summed E-state index contributed by atoms with van der Waals surface area (Å²) >= 11 is 0. The molecule has 0 aromatic heterocycles. The second kappa shape index (κ2) is 4.84. The minimum absolute atomic E-state index is 0.337. The molecule has 2 heteroatoms. The van der Waals surface area contributed by atoms with Crippen LogP contribution in [0.1, 0.15) is 41.0 Å². The van der Waals surface area contributed by atoms with Crippen LogP contribution in [0.15, 0.2) is 0 Å². The van der Waals surface area contributed by atoms with Crippen LogP contribution in [0, 0.1) is 17.3 Å². The lowest BCUT2D eigenvalue weighted by Crippen LogP contribution is -2.40. The normalized spacial score (nSPS) is 26.2. The van der Waals surface area contributed by atoms with Gasteiger partial charge in [-0.3, -0.25) is 0 Å². The van der Waals surface area contributed by atoms with Crippen molar-refractivity contribution in [3.63, 3.8) is 0 Å². The Morgan fingerprint density at radius 1 is 1.33 bits per heavy atom. The summed E-state index contributed by atoms with van der Waals surface area (Å²) in [6, 6.07) is 0.337. The summed E-state index contributed by atoms with van der Waals surface area (Å²) in [4.78, 5) is 2.54. The minimum atomic E-state index is 0.337. The monoisotopic (exact) mass is 212 g/mol. The molecule has 0 saturated carbocycles. The van der Waals surface area contributed by atoms with Crippen LogP contribution in [0.4, 0.5) is 0 Å². The molecule has 2 nitrogen and oxygen atoms in total. The van der Waals surface area contributed by atoms with Crippen LogP contribution in [-0.2, 0) is 0 Å². The van der Waals surface area contributed by atoms with Crippen LogP contribution >= 0.6 is 0 Å². The van der Waals surface area contributed by atoms with Gasteiger partial charge >= 0.3 is 0 Å². The minimum Gasteiger partial charge on any atom is -0.326 e. The van der Waals surface area contributed by atoms with E-state index in [1.807, 2.05) is 0 Å². The molecule has 1 heterocycles. The molecule has 90 valence electrons. The van der Waals surface area contributed by atoms with Gasteiger partial charge in [0.25, 0.3) is 0 Å². The summed E-state index contributed by atoms with van der Waals surface area (Å²) in [5.74, 6) is 1.44. The summed E-state index contributed by atoms with van der Waals surface area (Å²) in [5, 5.41) is 0. The molecule has 0 radical (unpaired) electrons. The molecule has 0 spiro atoms. The first kappa shape index (κ1) is 13.0. The molecular formula is C13H28N2. The molecule has 1 aliphatic rings. The zero-order valence-electron chi connectivity index (χ0n) is 11.1. The van der Waals surface area contributed by atoms with Crippen molar-refractivity contribution in [3.8, 4) is 0 Å². The van der Waals surface area contributed by atoms with E-state index in [1.54, 1.807) is 0 Å². The van der Waals surface area contributed by atoms with E-state index in [0.29, 0.717) is 17.4 Å². The van der Waals surface area contributed by atoms with Crippen LogP contribution in [0.25, 0.3) is 0 Å². The molecule has 2 N–H and O–H groups in total. The quantitative estimate of drug-likeness (QED) is 0.778. The van der Waals surface area contributed by atoms with Gasteiger partial charge in [-0.2, -0.15) is 0 Å². The van der Waals surface area contributed by atoms with Crippen LogP contribution in [0.5, 0.6) is 0 Å². The molecule has 2 atom stereocenters. The van der Waals surface area contributed by atoms with Crippen molar-refractivity contribution in [1.82, 2.24) is 4.90 Å². The maximum Gasteiger partial charge on any atom is 0.0191 e. The Morgan fingerprint density at radius 3 is 2.33 bits per heavy atom. The highest BCUT2D eigenvalue weighted by atomic mass is 15.2. The number of nitrogens with zero attached hydrogens (tertiary/aromatic N) is 1. The Hall–Kier alpha value is -0.0800. The van der Waals surface area contributed by atoms with Gasteiger partial charge in [0.1, 0.15) is 0 Å². The predicted molar refractivity (Wildman–Crippen MR) is 66.8 cm³/mol. The van der Waals surface area contributed by atoms with E-state index < -0.39 is 0 Å². The summed E-state index contributed by atoms with van der Waals surface area (Å²) < 4.78 is 0. The maximum absolute atomic E-state index is 6.11. The molecule has 0 aromatic rings. The van der Waals surface area contributed by atoms with E-state index in [0.717, 1.165) is 12.5 Å². The smallest absolute Gasteiger partial charge is 0.0191 e. The Balaban J connectivity index is 2.37. The lowest BCUT2D eigenvalue weighted by Gasteiger charge is -2.28. The largest absolute Gasteiger partial charge is 0.326 e. The van der Waals surface area contributed by atoms with Gasteiger partial charge < -0.3 is 10.6 Å². The fourth-order valence-electron chi connectivity index (χ4n) is 2.21. The molecule has 15 heavy (non-hydrogen) atoms. The molecule has 0 bridgehead atoms. The van der Waals surface area contributed by atoms with Crippen molar-refractivity contribution in [1.29, 1.82) is 0 Å². The van der Waals surface area contributed by atoms with Crippen LogP contribution < -0.4 is 5.73 Å². The van der Waals surface area contributed by atoms with Crippen molar-refractivity contribution in [2.45, 2.75) is 47.1 Å². The van der Waals surface area contributed by atoms with Gasteiger partial charge in [-0.05, 0) is 30.2 Å². The van der Waals surface area contributed by atoms with Crippen LogP contribution in [0.2, 0.25) is 0 Å². The Bertz CT molecular complexity index is 193. The second-order valence-electron chi connectivity index (χ2n) is 6.52. The molecule has 2 unspecified atom stereocenters. The van der Waals surface area contributed by atoms with E-state index >= 15 is 0 Å². The van der Waals surface area contributed by atoms with Crippen LogP contribution in [-0.4, -0.2) is 30.6 Å². The zero-order valence-corrected chi connectivity index (χ0v) is 11.1. The lowest BCUT2D eigenvalue weighted by molar-refractivity contribution is 0.217. The SMILES string of the molecule is CC(C)C(N)CN1CCC(C(C)(C)C)C1. The molecule has 0 aliphatic carbocycles. The highest BCUT2D eigenvalue weighted by molar-refractivity contribution is 4.85. The number of hydrogen-bond acceptors (Lipinski definition) is 2. The highest BCUT2D eigenvalue weighted by Gasteiger charge is 2.32. The van der Waals surface area contributed by atoms with Gasteiger partial charge in [0, 0.05) is 19.1 Å². The summed E-state index contributed by atoms with van der Waals surface area (Å²) in [7, 11) is 0. The first-order chi connectivity index (χ1) is 6.80. The molecule has 1 aliphatic heterocycles. The Kier molecular flexibility index (Phi) is 4.19. The molecule has 1 saturated heterocycles. The average molecular weight is 212 g/mol. The highest BCUT2D eigenvalue weighted by Crippen LogP contribution is 2.33. The van der Waals surface area contributed by atoms with E-state index in [1.165, 1.54) is 19.5 Å². The van der Waals surface area contributed by atoms with Crippen molar-refractivity contribution >= 4 is 0 Å². The third-order valence-electron chi connectivity index (χ3n) is 3.82. The predicted octanol–water partition coefficient (Wildman–Crippen LogP) is 2.34. The molecule has 1 fully saturated rings. The van der Waals surface area contributed by atoms with Gasteiger partial charge in [-0.15, -0.1) is 0 Å². The Morgan fingerprint density at radius 2 is 1.93 bits per heavy atom.